The van der Waals surface area contributed by atoms with Crippen LogP contribution in [0.1, 0.15) is 51.1 Å². The number of nitrogens with zero attached hydrogens (tertiary/aromatic N) is 1. The van der Waals surface area contributed by atoms with E-state index in [1.165, 1.54) is 12.8 Å². The van der Waals surface area contributed by atoms with Crippen molar-refractivity contribution in [2.24, 2.45) is 10.9 Å². The van der Waals surface area contributed by atoms with Crippen molar-refractivity contribution in [3.05, 3.63) is 29.6 Å². The fourth-order valence-electron chi connectivity index (χ4n) is 2.99. The molecule has 1 aromatic carbocycles. The van der Waals surface area contributed by atoms with Crippen molar-refractivity contribution in [3.63, 3.8) is 0 Å². The van der Waals surface area contributed by atoms with Crippen LogP contribution in [-0.4, -0.2) is 38.4 Å². The van der Waals surface area contributed by atoms with Gasteiger partial charge in [-0.25, -0.2) is 4.39 Å². The lowest BCUT2D eigenvalue weighted by Gasteiger charge is -2.19. The third-order valence-electron chi connectivity index (χ3n) is 4.80. The van der Waals surface area contributed by atoms with Crippen LogP contribution in [0, 0.1) is 11.7 Å². The van der Waals surface area contributed by atoms with Gasteiger partial charge in [-0.1, -0.05) is 6.07 Å². The summed E-state index contributed by atoms with van der Waals surface area (Å²) in [5.74, 6) is 1.37. The second-order valence-electron chi connectivity index (χ2n) is 7.16. The van der Waals surface area contributed by atoms with Gasteiger partial charge in [0, 0.05) is 13.2 Å². The smallest absolute Gasteiger partial charge is 0.191 e. The Balaban J connectivity index is 0.00000261. The molecule has 2 fully saturated rings. The maximum atomic E-state index is 14.3. The predicted octanol–water partition coefficient (Wildman–Crippen LogP) is 4.03. The van der Waals surface area contributed by atoms with E-state index in [0.717, 1.165) is 37.5 Å². The largest absolute Gasteiger partial charge is 0.490 e. The highest BCUT2D eigenvalue weighted by molar-refractivity contribution is 14.0. The van der Waals surface area contributed by atoms with E-state index in [1.807, 2.05) is 19.9 Å². The van der Waals surface area contributed by atoms with Gasteiger partial charge >= 0.3 is 0 Å². The van der Waals surface area contributed by atoms with Gasteiger partial charge in [0.25, 0.3) is 0 Å². The summed E-state index contributed by atoms with van der Waals surface area (Å²) in [6.07, 6.45) is 4.76. The molecule has 2 aliphatic rings. The number of halogens is 2. The fourth-order valence-corrected chi connectivity index (χ4v) is 2.99. The van der Waals surface area contributed by atoms with Crippen LogP contribution in [0.3, 0.4) is 0 Å². The van der Waals surface area contributed by atoms with Crippen LogP contribution in [0.25, 0.3) is 0 Å². The highest BCUT2D eigenvalue weighted by atomic mass is 127. The molecule has 0 radical (unpaired) electrons. The van der Waals surface area contributed by atoms with Crippen LogP contribution in [0.2, 0.25) is 0 Å². The van der Waals surface area contributed by atoms with Crippen LogP contribution >= 0.6 is 24.0 Å². The van der Waals surface area contributed by atoms with E-state index in [2.05, 4.69) is 15.6 Å². The molecule has 7 heteroatoms. The molecule has 5 nitrogen and oxygen atoms in total. The Hall–Kier alpha value is -1.09. The van der Waals surface area contributed by atoms with Gasteiger partial charge in [-0.3, -0.25) is 4.99 Å². The molecule has 1 saturated heterocycles. The Bertz CT molecular complexity index is 619. The van der Waals surface area contributed by atoms with E-state index in [4.69, 9.17) is 9.47 Å². The highest BCUT2D eigenvalue weighted by Gasteiger charge is 2.22. The monoisotopic (exact) mass is 491 g/mol. The zero-order valence-corrected chi connectivity index (χ0v) is 18.5. The van der Waals surface area contributed by atoms with Crippen LogP contribution in [0.4, 0.5) is 4.39 Å². The Morgan fingerprint density at radius 2 is 2.19 bits per heavy atom. The first-order valence-electron chi connectivity index (χ1n) is 9.74. The molecule has 2 atom stereocenters. The third kappa shape index (κ3) is 7.10. The zero-order valence-electron chi connectivity index (χ0n) is 16.2. The van der Waals surface area contributed by atoms with E-state index in [1.54, 1.807) is 12.1 Å². The Morgan fingerprint density at radius 3 is 2.81 bits per heavy atom. The van der Waals surface area contributed by atoms with E-state index in [0.29, 0.717) is 24.8 Å². The standard InChI is InChI=1S/C20H30FN3O2.HI/c1-3-22-20(23-12-17-5-4-10-25-17)24-14(2)16-8-9-19(18(21)11-16)26-13-15-6-7-15;/h8-9,11,14-15,17H,3-7,10,12-13H2,1-2H3,(H2,22,23,24);1H. The molecule has 2 N–H and O–H groups in total. The second-order valence-corrected chi connectivity index (χ2v) is 7.16. The molecule has 1 saturated carbocycles. The van der Waals surface area contributed by atoms with Gasteiger partial charge in [-0.2, -0.15) is 0 Å². The Morgan fingerprint density at radius 1 is 1.37 bits per heavy atom. The van der Waals surface area contributed by atoms with Gasteiger partial charge in [-0.15, -0.1) is 24.0 Å². The molecule has 2 unspecified atom stereocenters. The maximum Gasteiger partial charge on any atom is 0.191 e. The topological polar surface area (TPSA) is 54.9 Å². The number of nitrogens with one attached hydrogen (secondary N) is 2. The summed E-state index contributed by atoms with van der Waals surface area (Å²) in [5, 5.41) is 6.58. The zero-order chi connectivity index (χ0) is 18.4. The number of hydrogen-bond donors (Lipinski definition) is 2. The normalized spacial score (nSPS) is 20.7. The Labute approximate surface area is 178 Å². The van der Waals surface area contributed by atoms with Gasteiger partial charge in [0.1, 0.15) is 0 Å². The SMILES string of the molecule is CCNC(=NCC1CCCO1)NC(C)c1ccc(OCC2CC2)c(F)c1.I. The highest BCUT2D eigenvalue weighted by Crippen LogP contribution is 2.30. The maximum absolute atomic E-state index is 14.3. The van der Waals surface area contributed by atoms with Crippen molar-refractivity contribution >= 4 is 29.9 Å². The molecule has 0 amide bonds. The van der Waals surface area contributed by atoms with Gasteiger partial charge < -0.3 is 20.1 Å². The van der Waals surface area contributed by atoms with Crippen molar-refractivity contribution in [1.82, 2.24) is 10.6 Å². The summed E-state index contributed by atoms with van der Waals surface area (Å²) in [6, 6.07) is 5.11. The minimum absolute atomic E-state index is 0. The van der Waals surface area contributed by atoms with E-state index in [-0.39, 0.29) is 41.9 Å². The number of hydrogen-bond acceptors (Lipinski definition) is 3. The lowest BCUT2D eigenvalue weighted by Crippen LogP contribution is -2.39. The predicted molar refractivity (Wildman–Crippen MR) is 117 cm³/mol. The fraction of sp³-hybridized carbons (Fsp3) is 0.650. The van der Waals surface area contributed by atoms with Crippen LogP contribution in [0.15, 0.2) is 23.2 Å². The van der Waals surface area contributed by atoms with Crippen molar-refractivity contribution in [1.29, 1.82) is 0 Å². The van der Waals surface area contributed by atoms with Gasteiger partial charge in [0.15, 0.2) is 17.5 Å². The molecule has 0 bridgehead atoms. The van der Waals surface area contributed by atoms with E-state index in [9.17, 15) is 4.39 Å². The summed E-state index contributed by atoms with van der Waals surface area (Å²) in [6.45, 7) is 6.88. The lowest BCUT2D eigenvalue weighted by molar-refractivity contribution is 0.117. The molecule has 3 rings (SSSR count). The van der Waals surface area contributed by atoms with Crippen molar-refractivity contribution in [2.75, 3.05) is 26.3 Å². The quantitative estimate of drug-likeness (QED) is 0.328. The number of guanidine groups is 1. The number of rotatable bonds is 8. The van der Waals surface area contributed by atoms with Gasteiger partial charge in [0.05, 0.1) is 25.3 Å². The van der Waals surface area contributed by atoms with Crippen molar-refractivity contribution < 1.29 is 13.9 Å². The average Bonchev–Trinajstić information content (AvgIpc) is 3.31. The van der Waals surface area contributed by atoms with Gasteiger partial charge in [-0.05, 0) is 63.1 Å². The molecule has 0 spiro atoms. The molecule has 1 aromatic rings. The minimum Gasteiger partial charge on any atom is -0.490 e. The molecule has 152 valence electrons. The lowest BCUT2D eigenvalue weighted by atomic mass is 10.1. The summed E-state index contributed by atoms with van der Waals surface area (Å²) in [5.41, 5.74) is 0.865. The Kier molecular flexibility index (Phi) is 9.08. The summed E-state index contributed by atoms with van der Waals surface area (Å²) < 4.78 is 25.5. The average molecular weight is 491 g/mol. The first-order chi connectivity index (χ1) is 12.7. The molecule has 27 heavy (non-hydrogen) atoms. The van der Waals surface area contributed by atoms with Crippen LogP contribution in [-0.2, 0) is 4.74 Å². The number of benzene rings is 1. The molecule has 0 aromatic heterocycles. The number of ether oxygens (including phenoxy) is 2. The second kappa shape index (κ2) is 11.0. The first-order valence-corrected chi connectivity index (χ1v) is 9.74. The van der Waals surface area contributed by atoms with E-state index < -0.39 is 0 Å². The molecule has 1 heterocycles. The number of aliphatic imine (C=N–C) groups is 1. The van der Waals surface area contributed by atoms with Crippen molar-refractivity contribution in [3.8, 4) is 5.75 Å². The molecule has 1 aliphatic heterocycles. The van der Waals surface area contributed by atoms with Gasteiger partial charge in [0.2, 0.25) is 0 Å². The minimum atomic E-state index is -0.307. The van der Waals surface area contributed by atoms with Crippen LogP contribution in [0.5, 0.6) is 5.75 Å². The molecule has 1 aliphatic carbocycles. The molecular formula is C20H31FIN3O2. The van der Waals surface area contributed by atoms with Crippen molar-refractivity contribution in [2.45, 2.75) is 51.7 Å². The summed E-state index contributed by atoms with van der Waals surface area (Å²) >= 11 is 0. The first kappa shape index (κ1) is 22.2. The molecular weight excluding hydrogens is 460 g/mol. The third-order valence-corrected chi connectivity index (χ3v) is 4.80. The van der Waals surface area contributed by atoms with E-state index >= 15 is 0 Å². The summed E-state index contributed by atoms with van der Waals surface area (Å²) in [4.78, 5) is 4.61. The summed E-state index contributed by atoms with van der Waals surface area (Å²) in [7, 11) is 0. The van der Waals surface area contributed by atoms with Crippen LogP contribution < -0.4 is 15.4 Å².